The zero-order valence-electron chi connectivity index (χ0n) is 15.6. The van der Waals surface area contributed by atoms with Gasteiger partial charge >= 0.3 is 0 Å². The first-order valence-corrected chi connectivity index (χ1v) is 9.71. The Balaban J connectivity index is 1.40. The Bertz CT molecular complexity index is 815. The van der Waals surface area contributed by atoms with E-state index in [-0.39, 0.29) is 29.8 Å². The van der Waals surface area contributed by atoms with E-state index in [1.807, 2.05) is 37.3 Å². The molecule has 2 aliphatic rings. The highest BCUT2D eigenvalue weighted by Gasteiger charge is 2.46. The molecule has 3 unspecified atom stereocenters. The van der Waals surface area contributed by atoms with E-state index in [1.54, 1.807) is 12.1 Å². The third kappa shape index (κ3) is 3.67. The second-order valence-electron chi connectivity index (χ2n) is 7.63. The summed E-state index contributed by atoms with van der Waals surface area (Å²) >= 11 is 0. The maximum atomic E-state index is 13.0. The number of hydrogen-bond acceptors (Lipinski definition) is 3. The average Bonchev–Trinajstić information content (AvgIpc) is 3.11. The van der Waals surface area contributed by atoms with Gasteiger partial charge in [-0.2, -0.15) is 0 Å². The number of hydrogen-bond donors (Lipinski definition) is 0. The Kier molecular flexibility index (Phi) is 5.08. The molecule has 27 heavy (non-hydrogen) atoms. The van der Waals surface area contributed by atoms with Crippen LogP contribution in [-0.4, -0.2) is 29.4 Å². The van der Waals surface area contributed by atoms with E-state index in [1.165, 1.54) is 4.90 Å². The van der Waals surface area contributed by atoms with Crippen LogP contribution < -0.4 is 0 Å². The van der Waals surface area contributed by atoms with Crippen LogP contribution >= 0.6 is 0 Å². The molecule has 0 aromatic heterocycles. The Morgan fingerprint density at radius 3 is 2.52 bits per heavy atom. The summed E-state index contributed by atoms with van der Waals surface area (Å²) in [5.74, 6) is -0.0630. The number of carbonyl (C=O) groups excluding carboxylic acids is 2. The number of ether oxygens (including phenoxy) is 1. The molecular weight excluding hydrogens is 338 g/mol. The highest BCUT2D eigenvalue weighted by Crippen LogP contribution is 2.41. The van der Waals surface area contributed by atoms with Gasteiger partial charge in [0.1, 0.15) is 0 Å². The lowest BCUT2D eigenvalue weighted by Crippen LogP contribution is -2.48. The number of nitrogens with zero attached hydrogens (tertiary/aromatic N) is 1. The molecule has 1 heterocycles. The fourth-order valence-corrected chi connectivity index (χ4v) is 4.35. The molecule has 4 rings (SSSR count). The first-order valence-electron chi connectivity index (χ1n) is 9.71. The van der Waals surface area contributed by atoms with Crippen LogP contribution in [0.3, 0.4) is 0 Å². The van der Waals surface area contributed by atoms with Gasteiger partial charge in [0.15, 0.2) is 0 Å². The van der Waals surface area contributed by atoms with Gasteiger partial charge in [0, 0.05) is 18.0 Å². The minimum absolute atomic E-state index is 0.0253. The van der Waals surface area contributed by atoms with Crippen LogP contribution in [0.1, 0.15) is 40.7 Å². The van der Waals surface area contributed by atoms with Crippen LogP contribution in [0.4, 0.5) is 0 Å². The summed E-state index contributed by atoms with van der Waals surface area (Å²) < 4.78 is 6.14. The van der Waals surface area contributed by atoms with Crippen LogP contribution in [-0.2, 0) is 16.1 Å². The van der Waals surface area contributed by atoms with Crippen LogP contribution in [0.5, 0.6) is 0 Å². The quantitative estimate of drug-likeness (QED) is 0.772. The summed E-state index contributed by atoms with van der Waals surface area (Å²) in [4.78, 5) is 27.2. The second-order valence-corrected chi connectivity index (χ2v) is 7.63. The number of aryl methyl sites for hydroxylation is 1. The molecule has 2 amide bonds. The van der Waals surface area contributed by atoms with Crippen LogP contribution in [0.25, 0.3) is 0 Å². The van der Waals surface area contributed by atoms with Crippen molar-refractivity contribution in [1.29, 1.82) is 0 Å². The summed E-state index contributed by atoms with van der Waals surface area (Å²) in [6.07, 6.45) is 2.63. The van der Waals surface area contributed by atoms with Crippen LogP contribution in [0.15, 0.2) is 54.6 Å². The molecule has 2 aromatic rings. The Hall–Kier alpha value is -2.46. The second kappa shape index (κ2) is 7.65. The minimum Gasteiger partial charge on any atom is -0.373 e. The summed E-state index contributed by atoms with van der Waals surface area (Å²) in [7, 11) is 0. The molecule has 0 N–H and O–H groups in total. The number of likely N-dealkylation sites (tertiary alicyclic amines) is 1. The number of rotatable bonds is 4. The molecular formula is C23H25NO3. The summed E-state index contributed by atoms with van der Waals surface area (Å²) in [5, 5.41) is 0. The highest BCUT2D eigenvalue weighted by molar-refractivity contribution is 6.05. The Morgan fingerprint density at radius 1 is 1.04 bits per heavy atom. The van der Waals surface area contributed by atoms with E-state index in [2.05, 4.69) is 12.1 Å². The van der Waals surface area contributed by atoms with Gasteiger partial charge in [-0.1, -0.05) is 48.0 Å². The number of benzene rings is 2. The maximum Gasteiger partial charge on any atom is 0.260 e. The topological polar surface area (TPSA) is 46.6 Å². The summed E-state index contributed by atoms with van der Waals surface area (Å²) in [5.41, 5.74) is 2.84. The highest BCUT2D eigenvalue weighted by atomic mass is 16.5. The molecule has 0 radical (unpaired) electrons. The summed E-state index contributed by atoms with van der Waals surface area (Å²) in [6, 6.07) is 17.6. The molecule has 4 nitrogen and oxygen atoms in total. The normalized spacial score (nSPS) is 24.7. The van der Waals surface area contributed by atoms with Crippen molar-refractivity contribution in [3.8, 4) is 0 Å². The lowest BCUT2D eigenvalue weighted by molar-refractivity contribution is -0.139. The van der Waals surface area contributed by atoms with Crippen LogP contribution in [0, 0.1) is 18.8 Å². The van der Waals surface area contributed by atoms with E-state index in [4.69, 9.17) is 4.74 Å². The van der Waals surface area contributed by atoms with Crippen molar-refractivity contribution in [3.63, 3.8) is 0 Å². The number of piperidine rings is 1. The fraction of sp³-hybridized carbons (Fsp3) is 0.391. The minimum atomic E-state index is -0.174. The van der Waals surface area contributed by atoms with Crippen molar-refractivity contribution < 1.29 is 14.3 Å². The molecule has 2 fully saturated rings. The Morgan fingerprint density at radius 2 is 1.78 bits per heavy atom. The lowest BCUT2D eigenvalue weighted by atomic mass is 9.86. The zero-order chi connectivity index (χ0) is 18.8. The van der Waals surface area contributed by atoms with Crippen molar-refractivity contribution in [2.75, 3.05) is 6.54 Å². The maximum absolute atomic E-state index is 13.0. The number of imide groups is 1. The molecule has 1 saturated carbocycles. The molecule has 1 saturated heterocycles. The number of amides is 2. The molecule has 1 aliphatic carbocycles. The van der Waals surface area contributed by atoms with E-state index in [9.17, 15) is 9.59 Å². The molecule has 0 spiro atoms. The van der Waals surface area contributed by atoms with E-state index >= 15 is 0 Å². The first kappa shape index (κ1) is 17.9. The van der Waals surface area contributed by atoms with Gasteiger partial charge in [-0.15, -0.1) is 0 Å². The molecule has 3 atom stereocenters. The predicted molar refractivity (Wildman–Crippen MR) is 103 cm³/mol. The molecule has 140 valence electrons. The van der Waals surface area contributed by atoms with Gasteiger partial charge in [-0.05, 0) is 49.8 Å². The van der Waals surface area contributed by atoms with Crippen molar-refractivity contribution in [2.45, 2.75) is 38.9 Å². The van der Waals surface area contributed by atoms with Gasteiger partial charge in [0.05, 0.1) is 12.7 Å². The molecule has 2 aromatic carbocycles. The fourth-order valence-electron chi connectivity index (χ4n) is 4.35. The standard InChI is InChI=1S/C23H25NO3/c1-16-7-9-18(10-8-16)22(25)24-14-13-19-20(23(24)26)11-12-21(19)27-15-17-5-3-2-4-6-17/h2-10,19-21H,11-15H2,1H3. The third-order valence-electron chi connectivity index (χ3n) is 5.88. The van der Waals surface area contributed by atoms with Gasteiger partial charge in [-0.3, -0.25) is 14.5 Å². The first-order chi connectivity index (χ1) is 13.1. The average molecular weight is 363 g/mol. The van der Waals surface area contributed by atoms with E-state index in [0.29, 0.717) is 18.7 Å². The third-order valence-corrected chi connectivity index (χ3v) is 5.88. The van der Waals surface area contributed by atoms with Crippen molar-refractivity contribution in [1.82, 2.24) is 4.90 Å². The number of carbonyl (C=O) groups is 2. The smallest absolute Gasteiger partial charge is 0.260 e. The van der Waals surface area contributed by atoms with Crippen molar-refractivity contribution in [2.24, 2.45) is 11.8 Å². The van der Waals surface area contributed by atoms with Gasteiger partial charge in [-0.25, -0.2) is 0 Å². The van der Waals surface area contributed by atoms with Crippen molar-refractivity contribution >= 4 is 11.8 Å². The van der Waals surface area contributed by atoms with Crippen molar-refractivity contribution in [3.05, 3.63) is 71.3 Å². The monoisotopic (exact) mass is 363 g/mol. The van der Waals surface area contributed by atoms with E-state index in [0.717, 1.165) is 30.4 Å². The SMILES string of the molecule is Cc1ccc(C(=O)N2CCC3C(OCc4ccccc4)CCC3C2=O)cc1. The van der Waals surface area contributed by atoms with Gasteiger partial charge < -0.3 is 4.74 Å². The largest absolute Gasteiger partial charge is 0.373 e. The zero-order valence-corrected chi connectivity index (χ0v) is 15.6. The molecule has 4 heteroatoms. The number of fused-ring (bicyclic) bond motifs is 1. The summed E-state index contributed by atoms with van der Waals surface area (Å²) in [6.45, 7) is 3.05. The van der Waals surface area contributed by atoms with Gasteiger partial charge in [0.2, 0.25) is 5.91 Å². The predicted octanol–water partition coefficient (Wildman–Crippen LogP) is 3.98. The van der Waals surface area contributed by atoms with Gasteiger partial charge in [0.25, 0.3) is 5.91 Å². The lowest BCUT2D eigenvalue weighted by Gasteiger charge is -2.35. The van der Waals surface area contributed by atoms with E-state index < -0.39 is 0 Å². The molecule has 1 aliphatic heterocycles. The Labute approximate surface area is 160 Å². The van der Waals surface area contributed by atoms with Crippen LogP contribution in [0.2, 0.25) is 0 Å². The molecule has 0 bridgehead atoms.